The van der Waals surface area contributed by atoms with E-state index < -0.39 is 0 Å². The van der Waals surface area contributed by atoms with Crippen LogP contribution in [0.25, 0.3) is 0 Å². The molecule has 0 bridgehead atoms. The van der Waals surface area contributed by atoms with Gasteiger partial charge in [0.1, 0.15) is 0 Å². The third-order valence-electron chi connectivity index (χ3n) is 3.78. The normalized spacial score (nSPS) is 15.8. The van der Waals surface area contributed by atoms with Crippen molar-refractivity contribution in [2.45, 2.75) is 40.2 Å². The summed E-state index contributed by atoms with van der Waals surface area (Å²) in [5.41, 5.74) is 3.53. The first-order chi connectivity index (χ1) is 9.13. The van der Waals surface area contributed by atoms with Gasteiger partial charge in [0, 0.05) is 43.3 Å². The predicted molar refractivity (Wildman–Crippen MR) is 79.6 cm³/mol. The fourth-order valence-electron chi connectivity index (χ4n) is 2.61. The van der Waals surface area contributed by atoms with Crippen molar-refractivity contribution in [3.05, 3.63) is 17.0 Å². The van der Waals surface area contributed by atoms with E-state index in [9.17, 15) is 4.79 Å². The monoisotopic (exact) mass is 281 g/mol. The number of hydrogen-bond donors (Lipinski definition) is 0. The number of amides is 1. The summed E-state index contributed by atoms with van der Waals surface area (Å²) in [5, 5.41) is 4.51. The number of nitrogens with zero attached hydrogens (tertiary/aromatic N) is 3. The smallest absolute Gasteiger partial charge is 0.222 e. The molecule has 0 radical (unpaired) electrons. The van der Waals surface area contributed by atoms with Crippen LogP contribution in [0.5, 0.6) is 0 Å². The van der Waals surface area contributed by atoms with Gasteiger partial charge in [-0.1, -0.05) is 0 Å². The van der Waals surface area contributed by atoms with Crippen LogP contribution < -0.4 is 0 Å². The highest BCUT2D eigenvalue weighted by atomic mass is 32.2. The second-order valence-corrected chi connectivity index (χ2v) is 6.18. The summed E-state index contributed by atoms with van der Waals surface area (Å²) in [4.78, 5) is 14.2. The summed E-state index contributed by atoms with van der Waals surface area (Å²) < 4.78 is 2.02. The van der Waals surface area contributed by atoms with Crippen LogP contribution in [-0.4, -0.2) is 45.2 Å². The van der Waals surface area contributed by atoms with Gasteiger partial charge in [-0.2, -0.15) is 16.9 Å². The molecule has 0 unspecified atom stereocenters. The van der Waals surface area contributed by atoms with Crippen molar-refractivity contribution >= 4 is 17.7 Å². The highest BCUT2D eigenvalue weighted by Crippen LogP contribution is 2.17. The Morgan fingerprint density at radius 3 is 2.58 bits per heavy atom. The zero-order valence-corrected chi connectivity index (χ0v) is 12.9. The minimum Gasteiger partial charge on any atom is -0.341 e. The molecule has 0 saturated carbocycles. The lowest BCUT2D eigenvalue weighted by Crippen LogP contribution is -2.38. The molecule has 1 aliphatic heterocycles. The molecule has 1 amide bonds. The standard InChI is InChI=1S/C14H23N3OS/c1-4-17-12(3)13(11(2)15-17)5-6-14(18)16-7-9-19-10-8-16/h4-10H2,1-3H3. The molecule has 0 atom stereocenters. The molecule has 1 aliphatic rings. The van der Waals surface area contributed by atoms with Crippen LogP contribution in [0.1, 0.15) is 30.3 Å². The molecule has 0 aromatic carbocycles. The molecule has 2 rings (SSSR count). The first kappa shape index (κ1) is 14.4. The molecule has 1 aromatic heterocycles. The SMILES string of the molecule is CCn1nc(C)c(CCC(=O)N2CCSCC2)c1C. The molecule has 1 saturated heterocycles. The van der Waals surface area contributed by atoms with Crippen LogP contribution in [0, 0.1) is 13.8 Å². The number of rotatable bonds is 4. The van der Waals surface area contributed by atoms with Gasteiger partial charge in [-0.15, -0.1) is 0 Å². The molecule has 106 valence electrons. The van der Waals surface area contributed by atoms with Gasteiger partial charge < -0.3 is 4.90 Å². The van der Waals surface area contributed by atoms with Crippen LogP contribution in [0.4, 0.5) is 0 Å². The molecule has 5 heteroatoms. The van der Waals surface area contributed by atoms with E-state index >= 15 is 0 Å². The van der Waals surface area contributed by atoms with Gasteiger partial charge in [-0.05, 0) is 32.8 Å². The van der Waals surface area contributed by atoms with E-state index in [2.05, 4.69) is 18.9 Å². The quantitative estimate of drug-likeness (QED) is 0.847. The Morgan fingerprint density at radius 1 is 1.32 bits per heavy atom. The number of hydrogen-bond acceptors (Lipinski definition) is 3. The van der Waals surface area contributed by atoms with Gasteiger partial charge in [0.2, 0.25) is 5.91 Å². The first-order valence-corrected chi connectivity index (χ1v) is 8.17. The fraction of sp³-hybridized carbons (Fsp3) is 0.714. The van der Waals surface area contributed by atoms with Gasteiger partial charge in [0.05, 0.1) is 5.69 Å². The van der Waals surface area contributed by atoms with E-state index in [-0.39, 0.29) is 0 Å². The van der Waals surface area contributed by atoms with Gasteiger partial charge >= 0.3 is 0 Å². The molecule has 0 aliphatic carbocycles. The maximum atomic E-state index is 12.2. The van der Waals surface area contributed by atoms with Crippen molar-refractivity contribution in [1.29, 1.82) is 0 Å². The van der Waals surface area contributed by atoms with Gasteiger partial charge in [0.15, 0.2) is 0 Å². The van der Waals surface area contributed by atoms with Crippen molar-refractivity contribution in [3.8, 4) is 0 Å². The second kappa shape index (κ2) is 6.46. The van der Waals surface area contributed by atoms with Crippen molar-refractivity contribution < 1.29 is 4.79 Å². The van der Waals surface area contributed by atoms with E-state index in [0.29, 0.717) is 12.3 Å². The lowest BCUT2D eigenvalue weighted by atomic mass is 10.1. The number of aromatic nitrogens is 2. The first-order valence-electron chi connectivity index (χ1n) is 7.02. The number of carbonyl (C=O) groups excluding carboxylic acids is 1. The van der Waals surface area contributed by atoms with Gasteiger partial charge in [-0.25, -0.2) is 0 Å². The summed E-state index contributed by atoms with van der Waals surface area (Å²) in [6.07, 6.45) is 1.43. The molecule has 1 fully saturated rings. The lowest BCUT2D eigenvalue weighted by Gasteiger charge is -2.26. The average molecular weight is 281 g/mol. The van der Waals surface area contributed by atoms with Crippen LogP contribution in [0.2, 0.25) is 0 Å². The van der Waals surface area contributed by atoms with Crippen molar-refractivity contribution in [1.82, 2.24) is 14.7 Å². The zero-order valence-electron chi connectivity index (χ0n) is 12.1. The van der Waals surface area contributed by atoms with Crippen LogP contribution in [0.3, 0.4) is 0 Å². The Kier molecular flexibility index (Phi) is 4.91. The third-order valence-corrected chi connectivity index (χ3v) is 4.73. The van der Waals surface area contributed by atoms with E-state index in [1.165, 1.54) is 11.3 Å². The molecule has 0 spiro atoms. The maximum Gasteiger partial charge on any atom is 0.222 e. The largest absolute Gasteiger partial charge is 0.341 e. The van der Waals surface area contributed by atoms with Crippen molar-refractivity contribution in [2.75, 3.05) is 24.6 Å². The van der Waals surface area contributed by atoms with Gasteiger partial charge in [0.25, 0.3) is 0 Å². The Morgan fingerprint density at radius 2 is 2.00 bits per heavy atom. The Bertz CT molecular complexity index is 450. The molecular formula is C14H23N3OS. The third kappa shape index (κ3) is 3.32. The Hall–Kier alpha value is -0.970. The molecule has 2 heterocycles. The van der Waals surface area contributed by atoms with E-state index in [4.69, 9.17) is 0 Å². The van der Waals surface area contributed by atoms with Crippen molar-refractivity contribution in [2.24, 2.45) is 0 Å². The second-order valence-electron chi connectivity index (χ2n) is 4.96. The summed E-state index contributed by atoms with van der Waals surface area (Å²) in [6, 6.07) is 0. The molecule has 4 nitrogen and oxygen atoms in total. The highest BCUT2D eigenvalue weighted by molar-refractivity contribution is 7.99. The summed E-state index contributed by atoms with van der Waals surface area (Å²) in [5.74, 6) is 2.46. The van der Waals surface area contributed by atoms with Crippen LogP contribution in [-0.2, 0) is 17.8 Å². The molecule has 1 aromatic rings. The number of carbonyl (C=O) groups is 1. The maximum absolute atomic E-state index is 12.2. The van der Waals surface area contributed by atoms with E-state index in [1.54, 1.807) is 0 Å². The number of thioether (sulfide) groups is 1. The Labute approximate surface area is 119 Å². The predicted octanol–water partition coefficient (Wildman–Crippen LogP) is 2.03. The van der Waals surface area contributed by atoms with Crippen molar-refractivity contribution in [3.63, 3.8) is 0 Å². The van der Waals surface area contributed by atoms with E-state index in [1.807, 2.05) is 28.3 Å². The lowest BCUT2D eigenvalue weighted by molar-refractivity contribution is -0.130. The molecular weight excluding hydrogens is 258 g/mol. The van der Waals surface area contributed by atoms with E-state index in [0.717, 1.165) is 43.3 Å². The van der Waals surface area contributed by atoms with Gasteiger partial charge in [-0.3, -0.25) is 9.48 Å². The summed E-state index contributed by atoms with van der Waals surface area (Å²) in [6.45, 7) is 8.95. The zero-order chi connectivity index (χ0) is 13.8. The summed E-state index contributed by atoms with van der Waals surface area (Å²) >= 11 is 1.93. The van der Waals surface area contributed by atoms with Crippen LogP contribution >= 0.6 is 11.8 Å². The fourth-order valence-corrected chi connectivity index (χ4v) is 3.51. The average Bonchev–Trinajstić information content (AvgIpc) is 2.72. The topological polar surface area (TPSA) is 38.1 Å². The minimum absolute atomic E-state index is 0.295. The highest BCUT2D eigenvalue weighted by Gasteiger charge is 2.18. The number of aryl methyl sites for hydroxylation is 2. The minimum atomic E-state index is 0.295. The van der Waals surface area contributed by atoms with Crippen LogP contribution in [0.15, 0.2) is 0 Å². The summed E-state index contributed by atoms with van der Waals surface area (Å²) in [7, 11) is 0. The Balaban J connectivity index is 1.94. The molecule has 0 N–H and O–H groups in total. The molecule has 19 heavy (non-hydrogen) atoms.